The van der Waals surface area contributed by atoms with Crippen molar-refractivity contribution in [1.29, 1.82) is 0 Å². The van der Waals surface area contributed by atoms with E-state index in [1.807, 2.05) is 31.2 Å². The maximum Gasteiger partial charge on any atom is 0.335 e. The van der Waals surface area contributed by atoms with Gasteiger partial charge in [0.15, 0.2) is 5.82 Å². The van der Waals surface area contributed by atoms with Crippen molar-refractivity contribution in [3.8, 4) is 0 Å². The molecule has 2 heterocycles. The topological polar surface area (TPSA) is 62.5 Å². The largest absolute Gasteiger partial charge is 0.478 e. The van der Waals surface area contributed by atoms with E-state index in [0.29, 0.717) is 22.5 Å². The normalized spacial score (nSPS) is 12.9. The van der Waals surface area contributed by atoms with Gasteiger partial charge in [-0.25, -0.2) is 9.18 Å². The van der Waals surface area contributed by atoms with Crippen molar-refractivity contribution in [3.63, 3.8) is 0 Å². The number of amides is 1. The Bertz CT molecular complexity index is 1470. The van der Waals surface area contributed by atoms with Gasteiger partial charge in [0.2, 0.25) is 5.91 Å². The molecule has 34 heavy (non-hydrogen) atoms. The molecule has 0 fully saturated rings. The van der Waals surface area contributed by atoms with E-state index in [1.165, 1.54) is 23.9 Å². The first-order valence-corrected chi connectivity index (χ1v) is 11.9. The summed E-state index contributed by atoms with van der Waals surface area (Å²) in [6.07, 6.45) is 0.786. The summed E-state index contributed by atoms with van der Waals surface area (Å²) in [5, 5.41) is 9.93. The number of anilines is 1. The minimum Gasteiger partial charge on any atom is -0.478 e. The molecule has 8 heteroatoms. The van der Waals surface area contributed by atoms with Crippen LogP contribution in [0.5, 0.6) is 0 Å². The Hall–Kier alpha value is -3.29. The van der Waals surface area contributed by atoms with Crippen LogP contribution in [0, 0.1) is 12.7 Å². The Labute approximate surface area is 204 Å². The van der Waals surface area contributed by atoms with E-state index in [1.54, 1.807) is 33.7 Å². The van der Waals surface area contributed by atoms with Gasteiger partial charge in [-0.2, -0.15) is 0 Å². The summed E-state index contributed by atoms with van der Waals surface area (Å²) in [6, 6.07) is 17.6. The number of nitrogens with zero attached hydrogens (tertiary/aromatic N) is 2. The lowest BCUT2D eigenvalue weighted by Gasteiger charge is -2.19. The van der Waals surface area contributed by atoms with Gasteiger partial charge in [0.25, 0.3) is 0 Å². The number of hydrogen-bond donors (Lipinski definition) is 1. The van der Waals surface area contributed by atoms with E-state index < -0.39 is 11.8 Å². The number of aromatic carboxylic acids is 1. The van der Waals surface area contributed by atoms with Crippen LogP contribution < -0.4 is 4.90 Å². The van der Waals surface area contributed by atoms with E-state index in [0.717, 1.165) is 22.6 Å². The van der Waals surface area contributed by atoms with Crippen molar-refractivity contribution in [2.24, 2.45) is 0 Å². The van der Waals surface area contributed by atoms with Gasteiger partial charge < -0.3 is 14.6 Å². The second-order valence-corrected chi connectivity index (χ2v) is 9.61. The summed E-state index contributed by atoms with van der Waals surface area (Å²) in [6.45, 7) is 2.38. The van der Waals surface area contributed by atoms with Crippen LogP contribution >= 0.6 is 23.4 Å². The molecule has 0 spiro atoms. The number of carbonyl (C=O) groups excluding carboxylic acids is 1. The van der Waals surface area contributed by atoms with Crippen molar-refractivity contribution in [3.05, 3.63) is 88.3 Å². The standard InChI is InChI=1S/C26H20ClFN2O3S/c1-15-25(34-18-7-4-6-17(13-18)26(32)33)19-9-10-20(27)23(28)24(19)30(15)14-22(31)29-12-11-16-5-2-3-8-21(16)29/h2-10,13H,11-12,14H2,1H3,(H,32,33). The average molecular weight is 495 g/mol. The summed E-state index contributed by atoms with van der Waals surface area (Å²) < 4.78 is 16.9. The highest BCUT2D eigenvalue weighted by atomic mass is 35.5. The Morgan fingerprint density at radius 1 is 1.12 bits per heavy atom. The van der Waals surface area contributed by atoms with Crippen LogP contribution in [0.15, 0.2) is 70.5 Å². The van der Waals surface area contributed by atoms with E-state index >= 15 is 4.39 Å². The lowest BCUT2D eigenvalue weighted by molar-refractivity contribution is -0.119. The Kier molecular flexibility index (Phi) is 5.83. The number of benzene rings is 3. The van der Waals surface area contributed by atoms with Crippen LogP contribution in [0.2, 0.25) is 5.02 Å². The average Bonchev–Trinajstić information content (AvgIpc) is 3.37. The predicted octanol–water partition coefficient (Wildman–Crippen LogP) is 6.18. The molecule has 4 aromatic rings. The lowest BCUT2D eigenvalue weighted by atomic mass is 10.2. The third kappa shape index (κ3) is 3.85. The third-order valence-corrected chi connectivity index (χ3v) is 7.60. The van der Waals surface area contributed by atoms with E-state index in [4.69, 9.17) is 11.6 Å². The number of aromatic nitrogens is 1. The van der Waals surface area contributed by atoms with Gasteiger partial charge in [-0.1, -0.05) is 47.6 Å². The first-order valence-electron chi connectivity index (χ1n) is 10.7. The summed E-state index contributed by atoms with van der Waals surface area (Å²) in [4.78, 5) is 27.9. The minimum absolute atomic E-state index is 0.0189. The zero-order chi connectivity index (χ0) is 24.0. The molecule has 0 unspecified atom stereocenters. The molecule has 1 aliphatic heterocycles. The molecule has 5 nitrogen and oxygen atoms in total. The number of carboxylic acid groups (broad SMARTS) is 1. The molecule has 5 rings (SSSR count). The molecule has 0 radical (unpaired) electrons. The van der Waals surface area contributed by atoms with Gasteiger partial charge >= 0.3 is 5.97 Å². The molecule has 1 amide bonds. The highest BCUT2D eigenvalue weighted by molar-refractivity contribution is 7.99. The number of carbonyl (C=O) groups is 2. The summed E-state index contributed by atoms with van der Waals surface area (Å²) in [7, 11) is 0. The Morgan fingerprint density at radius 3 is 2.71 bits per heavy atom. The van der Waals surface area contributed by atoms with Crippen molar-refractivity contribution in [2.45, 2.75) is 29.7 Å². The first kappa shape index (κ1) is 22.5. The smallest absolute Gasteiger partial charge is 0.335 e. The Morgan fingerprint density at radius 2 is 1.91 bits per heavy atom. The van der Waals surface area contributed by atoms with E-state index in [2.05, 4.69) is 0 Å². The number of hydrogen-bond acceptors (Lipinski definition) is 3. The van der Waals surface area contributed by atoms with Gasteiger partial charge in [0, 0.05) is 33.1 Å². The second-order valence-electron chi connectivity index (χ2n) is 8.12. The molecule has 0 saturated heterocycles. The molecule has 0 atom stereocenters. The zero-order valence-electron chi connectivity index (χ0n) is 18.2. The molecule has 0 aliphatic carbocycles. The van der Waals surface area contributed by atoms with Crippen molar-refractivity contribution in [1.82, 2.24) is 4.57 Å². The highest BCUT2D eigenvalue weighted by Crippen LogP contribution is 2.41. The zero-order valence-corrected chi connectivity index (χ0v) is 19.8. The van der Waals surface area contributed by atoms with E-state index in [-0.39, 0.29) is 28.6 Å². The Balaban J connectivity index is 1.57. The highest BCUT2D eigenvalue weighted by Gasteiger charge is 2.27. The van der Waals surface area contributed by atoms with Crippen molar-refractivity contribution in [2.75, 3.05) is 11.4 Å². The van der Waals surface area contributed by atoms with E-state index in [9.17, 15) is 14.7 Å². The molecule has 3 aromatic carbocycles. The summed E-state index contributed by atoms with van der Waals surface area (Å²) in [5.41, 5.74) is 3.16. The minimum atomic E-state index is -1.02. The SMILES string of the molecule is Cc1c(Sc2cccc(C(=O)O)c2)c2ccc(Cl)c(F)c2n1CC(=O)N1CCc2ccccc21. The molecule has 1 aliphatic rings. The number of fused-ring (bicyclic) bond motifs is 2. The van der Waals surface area contributed by atoms with Gasteiger partial charge in [-0.05, 0) is 55.3 Å². The molecular formula is C26H20ClFN2O3S. The second kappa shape index (κ2) is 8.81. The van der Waals surface area contributed by atoms with Crippen LogP contribution in [0.3, 0.4) is 0 Å². The maximum atomic E-state index is 15.3. The third-order valence-electron chi connectivity index (χ3n) is 6.10. The van der Waals surface area contributed by atoms with Gasteiger partial charge in [-0.15, -0.1) is 0 Å². The number of rotatable bonds is 5. The van der Waals surface area contributed by atoms with Crippen molar-refractivity contribution >= 4 is 51.8 Å². The van der Waals surface area contributed by atoms with Gasteiger partial charge in [-0.3, -0.25) is 4.79 Å². The van der Waals surface area contributed by atoms with Crippen LogP contribution in [-0.4, -0.2) is 28.1 Å². The summed E-state index contributed by atoms with van der Waals surface area (Å²) >= 11 is 7.45. The quantitative estimate of drug-likeness (QED) is 0.360. The lowest BCUT2D eigenvalue weighted by Crippen LogP contribution is -2.32. The van der Waals surface area contributed by atoms with Crippen LogP contribution in [0.25, 0.3) is 10.9 Å². The molecule has 1 N–H and O–H groups in total. The number of para-hydroxylation sites is 1. The summed E-state index contributed by atoms with van der Waals surface area (Å²) in [5.74, 6) is -1.73. The number of carboxylic acids is 1. The number of halogens is 2. The van der Waals surface area contributed by atoms with Crippen LogP contribution in [0.4, 0.5) is 10.1 Å². The van der Waals surface area contributed by atoms with Gasteiger partial charge in [0.05, 0.1) is 16.1 Å². The monoisotopic (exact) mass is 494 g/mol. The fourth-order valence-electron chi connectivity index (χ4n) is 4.43. The van der Waals surface area contributed by atoms with Crippen LogP contribution in [-0.2, 0) is 17.8 Å². The molecule has 0 bridgehead atoms. The van der Waals surface area contributed by atoms with Gasteiger partial charge in [0.1, 0.15) is 6.54 Å². The fraction of sp³-hybridized carbons (Fsp3) is 0.154. The maximum absolute atomic E-state index is 15.3. The molecule has 0 saturated carbocycles. The van der Waals surface area contributed by atoms with Crippen molar-refractivity contribution < 1.29 is 19.1 Å². The fourth-order valence-corrected chi connectivity index (χ4v) is 5.68. The van der Waals surface area contributed by atoms with Crippen LogP contribution in [0.1, 0.15) is 21.6 Å². The molecule has 172 valence electrons. The predicted molar refractivity (Wildman–Crippen MR) is 132 cm³/mol. The molecule has 1 aromatic heterocycles. The first-order chi connectivity index (χ1) is 16.3. The molecular weight excluding hydrogens is 475 g/mol.